The van der Waals surface area contributed by atoms with Crippen molar-refractivity contribution in [1.29, 1.82) is 0 Å². The van der Waals surface area contributed by atoms with Crippen LogP contribution in [0.1, 0.15) is 50.4 Å². The molecule has 25 heavy (non-hydrogen) atoms. The first-order valence-corrected chi connectivity index (χ1v) is 8.70. The highest BCUT2D eigenvalue weighted by Crippen LogP contribution is 2.32. The lowest BCUT2D eigenvalue weighted by Crippen LogP contribution is -2.11. The van der Waals surface area contributed by atoms with Gasteiger partial charge >= 0.3 is 0 Å². The minimum absolute atomic E-state index is 0.0299. The van der Waals surface area contributed by atoms with Gasteiger partial charge in [0.05, 0.1) is 6.04 Å². The number of aliphatic imine (C=N–C) groups is 1. The summed E-state index contributed by atoms with van der Waals surface area (Å²) in [4.78, 5) is 4.67. The highest BCUT2D eigenvalue weighted by atomic mass is 16.3. The Labute approximate surface area is 149 Å². The molecule has 2 heteroatoms. The molecule has 0 bridgehead atoms. The molecule has 0 aromatic heterocycles. The minimum Gasteiger partial charge on any atom is -0.507 e. The normalized spacial score (nSPS) is 13.4. The van der Waals surface area contributed by atoms with Gasteiger partial charge in [-0.05, 0) is 46.4 Å². The first kappa shape index (κ1) is 17.2. The van der Waals surface area contributed by atoms with Gasteiger partial charge in [0.15, 0.2) is 0 Å². The number of hydrogen-bond donors (Lipinski definition) is 1. The van der Waals surface area contributed by atoms with Crippen molar-refractivity contribution in [2.24, 2.45) is 4.99 Å². The number of para-hydroxylation sites is 1. The smallest absolute Gasteiger partial charge is 0.128 e. The second-order valence-electron chi connectivity index (χ2n) is 7.55. The first-order valence-electron chi connectivity index (χ1n) is 8.70. The fraction of sp³-hybridized carbons (Fsp3) is 0.261. The second-order valence-corrected chi connectivity index (χ2v) is 7.55. The van der Waals surface area contributed by atoms with E-state index in [1.54, 1.807) is 6.21 Å². The molecule has 3 aromatic carbocycles. The average molecular weight is 331 g/mol. The summed E-state index contributed by atoms with van der Waals surface area (Å²) in [6, 6.07) is 20.7. The Bertz CT molecular complexity index is 919. The molecule has 0 unspecified atom stereocenters. The summed E-state index contributed by atoms with van der Waals surface area (Å²) >= 11 is 0. The molecule has 3 rings (SSSR count). The molecule has 0 amide bonds. The molecule has 1 N–H and O–H groups in total. The number of hydrogen-bond acceptors (Lipinski definition) is 2. The van der Waals surface area contributed by atoms with E-state index in [4.69, 9.17) is 0 Å². The molecule has 0 aliphatic rings. The van der Waals surface area contributed by atoms with Crippen LogP contribution < -0.4 is 0 Å². The lowest BCUT2D eigenvalue weighted by atomic mass is 9.85. The predicted octanol–water partition coefficient (Wildman–Crippen LogP) is 6.02. The maximum absolute atomic E-state index is 10.6. The van der Waals surface area contributed by atoms with Crippen molar-refractivity contribution < 1.29 is 5.11 Å². The van der Waals surface area contributed by atoms with Crippen molar-refractivity contribution in [2.45, 2.75) is 39.2 Å². The third-order valence-corrected chi connectivity index (χ3v) is 4.57. The van der Waals surface area contributed by atoms with E-state index in [2.05, 4.69) is 75.2 Å². The number of nitrogens with zero attached hydrogens (tertiary/aromatic N) is 1. The molecular weight excluding hydrogens is 306 g/mol. The zero-order valence-electron chi connectivity index (χ0n) is 15.3. The zero-order chi connectivity index (χ0) is 18.0. The fourth-order valence-electron chi connectivity index (χ4n) is 3.02. The Balaban J connectivity index is 1.88. The number of phenols is 1. The van der Waals surface area contributed by atoms with Crippen LogP contribution in [-0.2, 0) is 5.41 Å². The Morgan fingerprint density at radius 3 is 2.36 bits per heavy atom. The lowest BCUT2D eigenvalue weighted by molar-refractivity contribution is 0.446. The maximum atomic E-state index is 10.6. The van der Waals surface area contributed by atoms with Crippen molar-refractivity contribution >= 4 is 17.0 Å². The average Bonchev–Trinajstić information content (AvgIpc) is 2.59. The number of phenolic OH excluding ortho intramolecular Hbond substituents is 1. The van der Waals surface area contributed by atoms with Gasteiger partial charge in [-0.3, -0.25) is 4.99 Å². The van der Waals surface area contributed by atoms with E-state index in [9.17, 15) is 5.11 Å². The van der Waals surface area contributed by atoms with E-state index < -0.39 is 0 Å². The van der Waals surface area contributed by atoms with Crippen LogP contribution in [0.15, 0.2) is 65.7 Å². The van der Waals surface area contributed by atoms with Crippen LogP contribution in [0, 0.1) is 0 Å². The van der Waals surface area contributed by atoms with E-state index in [1.807, 2.05) is 18.2 Å². The predicted molar refractivity (Wildman–Crippen MR) is 107 cm³/mol. The molecule has 0 aliphatic heterocycles. The fourth-order valence-corrected chi connectivity index (χ4v) is 3.02. The van der Waals surface area contributed by atoms with Crippen molar-refractivity contribution in [3.8, 4) is 5.75 Å². The molecule has 0 saturated carbocycles. The van der Waals surface area contributed by atoms with Gasteiger partial charge in [0, 0.05) is 11.8 Å². The molecule has 0 fully saturated rings. The molecule has 128 valence electrons. The summed E-state index contributed by atoms with van der Waals surface area (Å²) in [5, 5.41) is 13.0. The van der Waals surface area contributed by atoms with Crippen LogP contribution in [0.25, 0.3) is 10.8 Å². The molecule has 3 aromatic rings. The van der Waals surface area contributed by atoms with Gasteiger partial charge in [-0.15, -0.1) is 0 Å². The van der Waals surface area contributed by atoms with Crippen LogP contribution >= 0.6 is 0 Å². The second kappa shape index (κ2) is 6.72. The number of aromatic hydroxyl groups is 1. The topological polar surface area (TPSA) is 32.6 Å². The van der Waals surface area contributed by atoms with Crippen molar-refractivity contribution in [1.82, 2.24) is 0 Å². The third kappa shape index (κ3) is 3.74. The van der Waals surface area contributed by atoms with E-state index in [1.165, 1.54) is 16.3 Å². The third-order valence-electron chi connectivity index (χ3n) is 4.57. The summed E-state index contributed by atoms with van der Waals surface area (Å²) < 4.78 is 0. The van der Waals surface area contributed by atoms with Gasteiger partial charge in [0.1, 0.15) is 5.75 Å². The van der Waals surface area contributed by atoms with E-state index in [0.29, 0.717) is 5.75 Å². The van der Waals surface area contributed by atoms with E-state index in [-0.39, 0.29) is 11.5 Å². The van der Waals surface area contributed by atoms with Crippen LogP contribution in [0.4, 0.5) is 0 Å². The Morgan fingerprint density at radius 2 is 1.64 bits per heavy atom. The standard InChI is InChI=1S/C23H25NO/c1-16(18-13-12-17-8-5-6-9-19(17)14-18)24-15-20-10-7-11-21(22(20)25)23(2,3)4/h5-16,25H,1-4H3/t16-/m1/s1. The van der Waals surface area contributed by atoms with E-state index >= 15 is 0 Å². The molecule has 0 radical (unpaired) electrons. The summed E-state index contributed by atoms with van der Waals surface area (Å²) in [6.45, 7) is 8.37. The molecule has 0 heterocycles. The molecule has 1 atom stereocenters. The highest BCUT2D eigenvalue weighted by molar-refractivity contribution is 5.85. The minimum atomic E-state index is -0.0993. The molecule has 2 nitrogen and oxygen atoms in total. The molecule has 0 spiro atoms. The van der Waals surface area contributed by atoms with Gasteiger partial charge in [0.2, 0.25) is 0 Å². The van der Waals surface area contributed by atoms with Crippen LogP contribution in [0.3, 0.4) is 0 Å². The quantitative estimate of drug-likeness (QED) is 0.584. The summed E-state index contributed by atoms with van der Waals surface area (Å²) in [5.74, 6) is 0.324. The summed E-state index contributed by atoms with van der Waals surface area (Å²) in [5.41, 5.74) is 2.77. The number of rotatable bonds is 3. The van der Waals surface area contributed by atoms with E-state index in [0.717, 1.165) is 11.1 Å². The Hall–Kier alpha value is -2.61. The maximum Gasteiger partial charge on any atom is 0.128 e. The van der Waals surface area contributed by atoms with Crippen molar-refractivity contribution in [3.63, 3.8) is 0 Å². The highest BCUT2D eigenvalue weighted by Gasteiger charge is 2.19. The molecule has 0 aliphatic carbocycles. The van der Waals surface area contributed by atoms with Crippen molar-refractivity contribution in [3.05, 3.63) is 77.4 Å². The number of fused-ring (bicyclic) bond motifs is 1. The van der Waals surface area contributed by atoms with Gasteiger partial charge in [-0.2, -0.15) is 0 Å². The van der Waals surface area contributed by atoms with Crippen LogP contribution in [0.5, 0.6) is 5.75 Å². The van der Waals surface area contributed by atoms with Gasteiger partial charge in [0.25, 0.3) is 0 Å². The lowest BCUT2D eigenvalue weighted by Gasteiger charge is -2.21. The Kier molecular flexibility index (Phi) is 4.63. The van der Waals surface area contributed by atoms with Gasteiger partial charge in [-0.25, -0.2) is 0 Å². The van der Waals surface area contributed by atoms with Crippen molar-refractivity contribution in [2.75, 3.05) is 0 Å². The monoisotopic (exact) mass is 331 g/mol. The zero-order valence-corrected chi connectivity index (χ0v) is 15.3. The molecular formula is C23H25NO. The summed E-state index contributed by atoms with van der Waals surface area (Å²) in [7, 11) is 0. The van der Waals surface area contributed by atoms with Gasteiger partial charge < -0.3 is 5.11 Å². The SMILES string of the molecule is C[C@@H](N=Cc1cccc(C(C)(C)C)c1O)c1ccc2ccccc2c1. The van der Waals surface area contributed by atoms with Crippen LogP contribution in [0.2, 0.25) is 0 Å². The Morgan fingerprint density at radius 1 is 0.920 bits per heavy atom. The largest absolute Gasteiger partial charge is 0.507 e. The first-order chi connectivity index (χ1) is 11.9. The molecule has 0 saturated heterocycles. The summed E-state index contributed by atoms with van der Waals surface area (Å²) in [6.07, 6.45) is 1.78. The van der Waals surface area contributed by atoms with Crippen LogP contribution in [-0.4, -0.2) is 11.3 Å². The van der Waals surface area contributed by atoms with Gasteiger partial charge in [-0.1, -0.05) is 69.3 Å². The number of benzene rings is 3.